The Labute approximate surface area is 123 Å². The number of guanidine groups is 1. The lowest BCUT2D eigenvalue weighted by atomic mass is 10.0. The van der Waals surface area contributed by atoms with Crippen LogP contribution in [-0.2, 0) is 6.18 Å². The van der Waals surface area contributed by atoms with Crippen LogP contribution in [0.4, 0.5) is 13.2 Å². The summed E-state index contributed by atoms with van der Waals surface area (Å²) in [5.74, 6) is -0.326. The summed E-state index contributed by atoms with van der Waals surface area (Å²) in [6, 6.07) is 4.61. The summed E-state index contributed by atoms with van der Waals surface area (Å²) in [5.41, 5.74) is 10.1. The molecule has 114 valence electrons. The number of hydrogen-bond donors (Lipinski definition) is 2. The van der Waals surface area contributed by atoms with Crippen LogP contribution in [0, 0.1) is 0 Å². The van der Waals surface area contributed by atoms with Crippen LogP contribution in [0.3, 0.4) is 0 Å². The Morgan fingerprint density at radius 1 is 1.09 bits per heavy atom. The number of nitrogens with zero attached hydrogens (tertiary/aromatic N) is 4. The molecule has 0 aliphatic heterocycles. The highest BCUT2D eigenvalue weighted by Gasteiger charge is 2.30. The van der Waals surface area contributed by atoms with Crippen molar-refractivity contribution in [3.05, 3.63) is 59.7 Å². The first-order valence-electron chi connectivity index (χ1n) is 5.98. The smallest absolute Gasteiger partial charge is 0.369 e. The van der Waals surface area contributed by atoms with Crippen molar-refractivity contribution in [3.63, 3.8) is 0 Å². The van der Waals surface area contributed by atoms with Crippen molar-refractivity contribution in [1.29, 1.82) is 0 Å². The average Bonchev–Trinajstić information content (AvgIpc) is 2.48. The van der Waals surface area contributed by atoms with E-state index in [9.17, 15) is 13.2 Å². The van der Waals surface area contributed by atoms with Gasteiger partial charge in [0.2, 0.25) is 5.96 Å². The van der Waals surface area contributed by atoms with E-state index in [0.29, 0.717) is 0 Å². The van der Waals surface area contributed by atoms with E-state index in [1.807, 2.05) is 0 Å². The first-order valence-corrected chi connectivity index (χ1v) is 5.98. The number of halogens is 3. The third-order valence-electron chi connectivity index (χ3n) is 2.53. The summed E-state index contributed by atoms with van der Waals surface area (Å²) in [5, 5.41) is 7.25. The molecule has 0 atom stereocenters. The molecule has 22 heavy (non-hydrogen) atoms. The van der Waals surface area contributed by atoms with Gasteiger partial charge in [-0.3, -0.25) is 9.97 Å². The molecule has 1 heterocycles. The summed E-state index contributed by atoms with van der Waals surface area (Å²) < 4.78 is 38.4. The fraction of sp³-hybridized carbons (Fsp3) is 0.0769. The lowest BCUT2D eigenvalue weighted by Crippen LogP contribution is -2.22. The number of alkyl halides is 3. The Bertz CT molecular complexity index is 705. The van der Waals surface area contributed by atoms with Gasteiger partial charge in [0.25, 0.3) is 0 Å². The molecular formula is C13H11F3N6. The second-order valence-electron chi connectivity index (χ2n) is 4.14. The number of hydrogen-bond acceptors (Lipinski definition) is 4. The number of benzene rings is 1. The van der Waals surface area contributed by atoms with Crippen molar-refractivity contribution in [1.82, 2.24) is 9.97 Å². The molecule has 0 fully saturated rings. The standard InChI is InChI=1S/C13H11F3N6/c14-13(15,16)9-3-1-2-8(6-9)11(21-22-12(17)18)10-7-19-4-5-20-10/h1-7H,(H4,17,18,22)/b21-11-. The molecule has 0 unspecified atom stereocenters. The van der Waals surface area contributed by atoms with E-state index in [0.717, 1.165) is 12.1 Å². The van der Waals surface area contributed by atoms with Crippen LogP contribution < -0.4 is 11.5 Å². The van der Waals surface area contributed by atoms with E-state index in [4.69, 9.17) is 11.5 Å². The van der Waals surface area contributed by atoms with Gasteiger partial charge in [0, 0.05) is 18.0 Å². The fourth-order valence-electron chi connectivity index (χ4n) is 1.63. The largest absolute Gasteiger partial charge is 0.416 e. The topological polar surface area (TPSA) is 103 Å². The average molecular weight is 308 g/mol. The number of rotatable bonds is 3. The molecule has 0 aliphatic carbocycles. The maximum atomic E-state index is 12.8. The molecular weight excluding hydrogens is 297 g/mol. The highest BCUT2D eigenvalue weighted by Crippen LogP contribution is 2.30. The van der Waals surface area contributed by atoms with Crippen LogP contribution >= 0.6 is 0 Å². The predicted octanol–water partition coefficient (Wildman–Crippen LogP) is 1.52. The van der Waals surface area contributed by atoms with Gasteiger partial charge >= 0.3 is 6.18 Å². The summed E-state index contributed by atoms with van der Waals surface area (Å²) >= 11 is 0. The number of aromatic nitrogens is 2. The molecule has 6 nitrogen and oxygen atoms in total. The van der Waals surface area contributed by atoms with Crippen molar-refractivity contribution in [2.75, 3.05) is 0 Å². The molecule has 0 radical (unpaired) electrons. The molecule has 0 spiro atoms. The molecule has 2 aromatic rings. The molecule has 4 N–H and O–H groups in total. The van der Waals surface area contributed by atoms with Gasteiger partial charge in [0.05, 0.1) is 11.8 Å². The summed E-state index contributed by atoms with van der Waals surface area (Å²) in [7, 11) is 0. The minimum Gasteiger partial charge on any atom is -0.369 e. The molecule has 9 heteroatoms. The molecule has 0 amide bonds. The van der Waals surface area contributed by atoms with Crippen LogP contribution in [0.5, 0.6) is 0 Å². The Morgan fingerprint density at radius 2 is 1.86 bits per heavy atom. The molecule has 0 aliphatic rings. The fourth-order valence-corrected chi connectivity index (χ4v) is 1.63. The molecule has 2 rings (SSSR count). The zero-order valence-electron chi connectivity index (χ0n) is 11.1. The highest BCUT2D eigenvalue weighted by molar-refractivity contribution is 6.11. The SMILES string of the molecule is NC(N)=N/N=C(/c1cccc(C(F)(F)F)c1)c1cnccn1. The molecule has 1 aromatic heterocycles. The first-order chi connectivity index (χ1) is 10.4. The van der Waals surface area contributed by atoms with E-state index in [-0.39, 0.29) is 22.9 Å². The van der Waals surface area contributed by atoms with Crippen molar-refractivity contribution >= 4 is 11.7 Å². The van der Waals surface area contributed by atoms with Crippen LogP contribution in [0.25, 0.3) is 0 Å². The zero-order chi connectivity index (χ0) is 16.2. The predicted molar refractivity (Wildman–Crippen MR) is 74.9 cm³/mol. The van der Waals surface area contributed by atoms with Gasteiger partial charge in [-0.05, 0) is 12.1 Å². The van der Waals surface area contributed by atoms with Crippen molar-refractivity contribution in [2.45, 2.75) is 6.18 Å². The minimum absolute atomic E-state index is 0.0765. The van der Waals surface area contributed by atoms with Gasteiger partial charge in [-0.2, -0.15) is 13.2 Å². The Morgan fingerprint density at radius 3 is 2.45 bits per heavy atom. The van der Waals surface area contributed by atoms with Gasteiger partial charge in [-0.15, -0.1) is 10.2 Å². The van der Waals surface area contributed by atoms with Gasteiger partial charge in [0.15, 0.2) is 0 Å². The summed E-state index contributed by atoms with van der Waals surface area (Å²) in [6.45, 7) is 0. The Hall–Kier alpha value is -2.97. The van der Waals surface area contributed by atoms with E-state index >= 15 is 0 Å². The van der Waals surface area contributed by atoms with Crippen LogP contribution in [-0.4, -0.2) is 21.6 Å². The highest BCUT2D eigenvalue weighted by atomic mass is 19.4. The lowest BCUT2D eigenvalue weighted by molar-refractivity contribution is -0.137. The normalized spacial score (nSPS) is 12.0. The second kappa shape index (κ2) is 6.20. The Balaban J connectivity index is 2.56. The van der Waals surface area contributed by atoms with Gasteiger partial charge < -0.3 is 11.5 Å². The second-order valence-corrected chi connectivity index (χ2v) is 4.14. The molecule has 1 aromatic carbocycles. The maximum Gasteiger partial charge on any atom is 0.416 e. The van der Waals surface area contributed by atoms with Crippen LogP contribution in [0.2, 0.25) is 0 Å². The van der Waals surface area contributed by atoms with Crippen molar-refractivity contribution < 1.29 is 13.2 Å². The van der Waals surface area contributed by atoms with Gasteiger partial charge in [-0.25, -0.2) is 0 Å². The third-order valence-corrected chi connectivity index (χ3v) is 2.53. The van der Waals surface area contributed by atoms with E-state index in [2.05, 4.69) is 20.2 Å². The van der Waals surface area contributed by atoms with E-state index < -0.39 is 11.7 Å². The van der Waals surface area contributed by atoms with E-state index in [1.54, 1.807) is 0 Å². The zero-order valence-corrected chi connectivity index (χ0v) is 11.1. The summed E-state index contributed by atoms with van der Waals surface area (Å²) in [4.78, 5) is 7.85. The monoisotopic (exact) mass is 308 g/mol. The summed E-state index contributed by atoms with van der Waals surface area (Å²) in [6.07, 6.45) is -0.317. The third kappa shape index (κ3) is 3.78. The minimum atomic E-state index is -4.47. The first kappa shape index (κ1) is 15.4. The van der Waals surface area contributed by atoms with Crippen LogP contribution in [0.1, 0.15) is 16.8 Å². The van der Waals surface area contributed by atoms with Crippen molar-refractivity contribution in [3.8, 4) is 0 Å². The Kier molecular flexibility index (Phi) is 4.35. The quantitative estimate of drug-likeness (QED) is 0.510. The van der Waals surface area contributed by atoms with Gasteiger partial charge in [-0.1, -0.05) is 12.1 Å². The molecule has 0 saturated carbocycles. The number of nitrogens with two attached hydrogens (primary N) is 2. The lowest BCUT2D eigenvalue weighted by Gasteiger charge is -2.09. The maximum absolute atomic E-state index is 12.8. The van der Waals surface area contributed by atoms with Crippen LogP contribution in [0.15, 0.2) is 53.1 Å². The molecule has 0 saturated heterocycles. The van der Waals surface area contributed by atoms with E-state index in [1.165, 1.54) is 30.7 Å². The molecule has 0 bridgehead atoms. The van der Waals surface area contributed by atoms with Gasteiger partial charge in [0.1, 0.15) is 11.4 Å². The van der Waals surface area contributed by atoms with Crippen molar-refractivity contribution in [2.24, 2.45) is 21.7 Å².